The first-order valence-corrected chi connectivity index (χ1v) is 8.99. The topological polar surface area (TPSA) is 107 Å². The molecule has 2 aromatic heterocycles. The minimum absolute atomic E-state index is 0.151. The van der Waals surface area contributed by atoms with Crippen LogP contribution in [0.5, 0.6) is 0 Å². The lowest BCUT2D eigenvalue weighted by molar-refractivity contribution is -0.115. The van der Waals surface area contributed by atoms with E-state index in [1.165, 1.54) is 18.9 Å². The number of amides is 1. The normalized spacial score (nSPS) is 10.4. The highest BCUT2D eigenvalue weighted by molar-refractivity contribution is 7.99. The molecular formula is C18H16N4O4S. The molecule has 0 aliphatic heterocycles. The van der Waals surface area contributed by atoms with Gasteiger partial charge in [-0.2, -0.15) is 0 Å². The number of pyridine rings is 1. The fourth-order valence-corrected chi connectivity index (χ4v) is 2.84. The summed E-state index contributed by atoms with van der Waals surface area (Å²) in [5, 5.41) is 11.1. The molecule has 27 heavy (non-hydrogen) atoms. The van der Waals surface area contributed by atoms with E-state index in [9.17, 15) is 9.59 Å². The van der Waals surface area contributed by atoms with Crippen molar-refractivity contribution in [1.29, 1.82) is 0 Å². The van der Waals surface area contributed by atoms with Gasteiger partial charge in [0.15, 0.2) is 0 Å². The van der Waals surface area contributed by atoms with Crippen molar-refractivity contribution in [2.75, 3.05) is 18.2 Å². The third-order valence-corrected chi connectivity index (χ3v) is 4.30. The van der Waals surface area contributed by atoms with Gasteiger partial charge in [-0.25, -0.2) is 4.79 Å². The molecule has 0 saturated heterocycles. The maximum Gasteiger partial charge on any atom is 0.337 e. The number of anilines is 1. The summed E-state index contributed by atoms with van der Waals surface area (Å²) >= 11 is 1.31. The van der Waals surface area contributed by atoms with E-state index < -0.39 is 5.97 Å². The lowest BCUT2D eigenvalue weighted by atomic mass is 10.2. The van der Waals surface area contributed by atoms with Crippen molar-refractivity contribution >= 4 is 29.3 Å². The minimum Gasteiger partial charge on any atom is -0.465 e. The summed E-state index contributed by atoms with van der Waals surface area (Å²) in [6.45, 7) is 0. The van der Waals surface area contributed by atoms with Gasteiger partial charge in [0, 0.05) is 35.8 Å². The number of ether oxygens (including phenoxy) is 1. The lowest BCUT2D eigenvalue weighted by Crippen LogP contribution is -2.12. The first-order chi connectivity index (χ1) is 13.2. The van der Waals surface area contributed by atoms with E-state index >= 15 is 0 Å². The van der Waals surface area contributed by atoms with Crippen LogP contribution in [0, 0.1) is 0 Å². The van der Waals surface area contributed by atoms with Crippen molar-refractivity contribution in [3.8, 4) is 11.5 Å². The second-order valence-electron chi connectivity index (χ2n) is 5.32. The molecule has 0 fully saturated rings. The fourth-order valence-electron chi connectivity index (χ4n) is 2.14. The molecule has 1 aromatic carbocycles. The zero-order chi connectivity index (χ0) is 19.1. The molecule has 0 atom stereocenters. The van der Waals surface area contributed by atoms with Gasteiger partial charge in [0.1, 0.15) is 0 Å². The van der Waals surface area contributed by atoms with Crippen molar-refractivity contribution in [3.05, 3.63) is 54.4 Å². The first kappa shape index (κ1) is 18.6. The molecular weight excluding hydrogens is 368 g/mol. The van der Waals surface area contributed by atoms with Gasteiger partial charge in [0.05, 0.1) is 12.7 Å². The summed E-state index contributed by atoms with van der Waals surface area (Å²) < 4.78 is 10.2. The summed E-state index contributed by atoms with van der Waals surface area (Å²) in [4.78, 5) is 27.3. The lowest BCUT2D eigenvalue weighted by Gasteiger charge is -2.05. The molecule has 8 nitrogen and oxygen atoms in total. The summed E-state index contributed by atoms with van der Waals surface area (Å²) in [5.41, 5.74) is 1.82. The fraction of sp³-hybridized carbons (Fsp3) is 0.167. The van der Waals surface area contributed by atoms with Crippen LogP contribution in [0.15, 0.2) is 58.4 Å². The molecule has 2 heterocycles. The Bertz CT molecular complexity index is 913. The predicted octanol–water partition coefficient (Wildman–Crippen LogP) is 3.04. The molecule has 1 N–H and O–H groups in total. The third kappa shape index (κ3) is 5.14. The molecule has 3 rings (SSSR count). The number of hydrogen-bond acceptors (Lipinski definition) is 8. The van der Waals surface area contributed by atoms with E-state index in [1.807, 2.05) is 0 Å². The molecule has 3 aromatic rings. The van der Waals surface area contributed by atoms with Crippen LogP contribution in [0.25, 0.3) is 11.5 Å². The quantitative estimate of drug-likeness (QED) is 0.489. The van der Waals surface area contributed by atoms with Gasteiger partial charge in [0.25, 0.3) is 5.22 Å². The third-order valence-electron chi connectivity index (χ3n) is 3.48. The number of rotatable bonds is 7. The van der Waals surface area contributed by atoms with Crippen LogP contribution in [0.3, 0.4) is 0 Å². The Labute approximate surface area is 159 Å². The van der Waals surface area contributed by atoms with E-state index in [1.54, 1.807) is 48.8 Å². The monoisotopic (exact) mass is 384 g/mol. The highest BCUT2D eigenvalue weighted by Gasteiger charge is 2.10. The minimum atomic E-state index is -0.421. The van der Waals surface area contributed by atoms with Crippen LogP contribution >= 0.6 is 11.8 Å². The van der Waals surface area contributed by atoms with Crippen molar-refractivity contribution in [2.24, 2.45) is 0 Å². The number of esters is 1. The molecule has 0 radical (unpaired) electrons. The number of nitrogens with one attached hydrogen (secondary N) is 1. The highest BCUT2D eigenvalue weighted by atomic mass is 32.2. The number of hydrogen-bond donors (Lipinski definition) is 1. The number of benzene rings is 1. The van der Waals surface area contributed by atoms with Gasteiger partial charge in [-0.3, -0.25) is 9.78 Å². The number of carbonyl (C=O) groups excluding carboxylic acids is 2. The molecule has 0 unspecified atom stereocenters. The molecule has 0 spiro atoms. The van der Waals surface area contributed by atoms with Gasteiger partial charge in [0.2, 0.25) is 11.8 Å². The van der Waals surface area contributed by atoms with E-state index in [0.29, 0.717) is 28.1 Å². The first-order valence-electron chi connectivity index (χ1n) is 8.00. The molecule has 1 amide bonds. The van der Waals surface area contributed by atoms with Crippen molar-refractivity contribution in [3.63, 3.8) is 0 Å². The average Bonchev–Trinajstić information content (AvgIpc) is 3.17. The SMILES string of the molecule is COC(=O)c1ccc(NC(=O)CCSc2nnc(-c3ccncc3)o2)cc1. The van der Waals surface area contributed by atoms with Gasteiger partial charge in [-0.1, -0.05) is 11.8 Å². The van der Waals surface area contributed by atoms with Crippen molar-refractivity contribution in [1.82, 2.24) is 15.2 Å². The Morgan fingerprint density at radius 3 is 2.56 bits per heavy atom. The maximum absolute atomic E-state index is 12.0. The summed E-state index contributed by atoms with van der Waals surface area (Å²) in [7, 11) is 1.32. The van der Waals surface area contributed by atoms with Gasteiger partial charge >= 0.3 is 5.97 Å². The highest BCUT2D eigenvalue weighted by Crippen LogP contribution is 2.23. The second kappa shape index (κ2) is 8.95. The van der Waals surface area contributed by atoms with Crippen LogP contribution in [0.4, 0.5) is 5.69 Å². The average molecular weight is 384 g/mol. The van der Waals surface area contributed by atoms with Crippen LogP contribution in [-0.4, -0.2) is 39.9 Å². The zero-order valence-electron chi connectivity index (χ0n) is 14.4. The Balaban J connectivity index is 1.46. The smallest absolute Gasteiger partial charge is 0.337 e. The standard InChI is InChI=1S/C18H16N4O4S/c1-25-17(24)13-2-4-14(5-3-13)20-15(23)8-11-27-18-22-21-16(26-18)12-6-9-19-10-7-12/h2-7,9-10H,8,11H2,1H3,(H,20,23). The number of nitrogens with zero attached hydrogens (tertiary/aromatic N) is 3. The predicted molar refractivity (Wildman–Crippen MR) is 99.3 cm³/mol. The second-order valence-corrected chi connectivity index (χ2v) is 6.37. The molecule has 0 saturated carbocycles. The van der Waals surface area contributed by atoms with E-state index in [4.69, 9.17) is 4.42 Å². The Hall–Kier alpha value is -3.20. The molecule has 138 valence electrons. The van der Waals surface area contributed by atoms with E-state index in [2.05, 4.69) is 25.2 Å². The Morgan fingerprint density at radius 2 is 1.85 bits per heavy atom. The Kier molecular flexibility index (Phi) is 6.16. The number of carbonyl (C=O) groups is 2. The number of methoxy groups -OCH3 is 1. The molecule has 0 aliphatic rings. The van der Waals surface area contributed by atoms with E-state index in [0.717, 1.165) is 5.56 Å². The molecule has 0 bridgehead atoms. The maximum atomic E-state index is 12.0. The Morgan fingerprint density at radius 1 is 1.11 bits per heavy atom. The van der Waals surface area contributed by atoms with Crippen LogP contribution in [0.2, 0.25) is 0 Å². The van der Waals surface area contributed by atoms with Gasteiger partial charge in [-0.05, 0) is 36.4 Å². The van der Waals surface area contributed by atoms with Gasteiger partial charge in [-0.15, -0.1) is 10.2 Å². The summed E-state index contributed by atoms with van der Waals surface area (Å²) in [6.07, 6.45) is 3.57. The summed E-state index contributed by atoms with van der Waals surface area (Å²) in [6, 6.07) is 10.0. The van der Waals surface area contributed by atoms with Crippen LogP contribution < -0.4 is 5.32 Å². The van der Waals surface area contributed by atoms with Crippen molar-refractivity contribution < 1.29 is 18.7 Å². The summed E-state index contributed by atoms with van der Waals surface area (Å²) in [5.74, 6) is 0.330. The van der Waals surface area contributed by atoms with Crippen LogP contribution in [-0.2, 0) is 9.53 Å². The van der Waals surface area contributed by atoms with Crippen molar-refractivity contribution in [2.45, 2.75) is 11.6 Å². The zero-order valence-corrected chi connectivity index (χ0v) is 15.2. The largest absolute Gasteiger partial charge is 0.465 e. The number of thioether (sulfide) groups is 1. The molecule has 0 aliphatic carbocycles. The van der Waals surface area contributed by atoms with Gasteiger partial charge < -0.3 is 14.5 Å². The van der Waals surface area contributed by atoms with Crippen LogP contribution in [0.1, 0.15) is 16.8 Å². The number of aromatic nitrogens is 3. The van der Waals surface area contributed by atoms with E-state index in [-0.39, 0.29) is 12.3 Å². The molecule has 9 heteroatoms.